The highest BCUT2D eigenvalue weighted by molar-refractivity contribution is 5.81. The van der Waals surface area contributed by atoms with Gasteiger partial charge >= 0.3 is 12.4 Å². The summed E-state index contributed by atoms with van der Waals surface area (Å²) >= 11 is 0. The number of oxazole rings is 1. The van der Waals surface area contributed by atoms with Crippen molar-refractivity contribution in [2.45, 2.75) is 63.8 Å². The summed E-state index contributed by atoms with van der Waals surface area (Å²) in [7, 11) is 0. The maximum absolute atomic E-state index is 14.0. The molecule has 2 heterocycles. The van der Waals surface area contributed by atoms with Gasteiger partial charge in [0.25, 0.3) is 0 Å². The van der Waals surface area contributed by atoms with Gasteiger partial charge in [0.15, 0.2) is 5.58 Å². The van der Waals surface area contributed by atoms with E-state index in [1.807, 2.05) is 6.07 Å². The number of benzene rings is 2. The quantitative estimate of drug-likeness (QED) is 0.318. The molecule has 0 radical (unpaired) electrons. The summed E-state index contributed by atoms with van der Waals surface area (Å²) in [5.74, 6) is -1.22. The molecule has 3 fully saturated rings. The Balaban J connectivity index is 1.24. The number of likely N-dealkylation sites (tertiary alicyclic amines) is 1. The van der Waals surface area contributed by atoms with Crippen LogP contribution in [0.3, 0.4) is 0 Å². The average molecular weight is 523 g/mol. The van der Waals surface area contributed by atoms with Gasteiger partial charge in [-0.3, -0.25) is 4.90 Å². The summed E-state index contributed by atoms with van der Waals surface area (Å²) in [5, 5.41) is 0. The molecule has 198 valence electrons. The summed E-state index contributed by atoms with van der Waals surface area (Å²) in [6.07, 6.45) is -3.32. The van der Waals surface area contributed by atoms with Crippen LogP contribution in [0.15, 0.2) is 40.8 Å². The fourth-order valence-electron chi connectivity index (χ4n) is 6.36. The first kappa shape index (κ1) is 24.8. The Morgan fingerprint density at radius 3 is 2.41 bits per heavy atom. The zero-order valence-corrected chi connectivity index (χ0v) is 20.3. The minimum Gasteiger partial charge on any atom is -0.435 e. The number of fused-ring (bicyclic) bond motifs is 1. The Kier molecular flexibility index (Phi) is 5.86. The van der Waals surface area contributed by atoms with Gasteiger partial charge in [-0.1, -0.05) is 18.6 Å². The van der Waals surface area contributed by atoms with E-state index in [0.29, 0.717) is 29.5 Å². The van der Waals surface area contributed by atoms with Crippen molar-refractivity contribution in [3.05, 3.63) is 53.1 Å². The number of halogens is 6. The SMILES string of the molecule is FC(F)(F)c1cc(CN2CCC3(CCC3)C2)cc2nc(-c3cccc(CC4CC(C(F)(F)F)C4)c3)oc12. The highest BCUT2D eigenvalue weighted by Gasteiger charge is 2.47. The zero-order valence-electron chi connectivity index (χ0n) is 20.3. The van der Waals surface area contributed by atoms with Gasteiger partial charge in [-0.05, 0) is 91.8 Å². The van der Waals surface area contributed by atoms with Crippen molar-refractivity contribution in [3.8, 4) is 11.5 Å². The van der Waals surface area contributed by atoms with Crippen molar-refractivity contribution >= 4 is 11.1 Å². The van der Waals surface area contributed by atoms with Gasteiger partial charge in [0.2, 0.25) is 5.89 Å². The minimum atomic E-state index is -4.59. The van der Waals surface area contributed by atoms with E-state index in [4.69, 9.17) is 4.42 Å². The monoisotopic (exact) mass is 522 g/mol. The van der Waals surface area contributed by atoms with Crippen LogP contribution in [0.1, 0.15) is 55.2 Å². The number of alkyl halides is 6. The summed E-state index contributed by atoms with van der Waals surface area (Å²) < 4.78 is 86.1. The zero-order chi connectivity index (χ0) is 26.0. The molecule has 0 atom stereocenters. The number of nitrogens with zero attached hydrogens (tertiary/aromatic N) is 2. The van der Waals surface area contributed by atoms with Crippen molar-refractivity contribution < 1.29 is 30.8 Å². The molecule has 1 aliphatic heterocycles. The third kappa shape index (κ3) is 4.87. The Hall–Kier alpha value is -2.55. The van der Waals surface area contributed by atoms with Crippen molar-refractivity contribution in [3.63, 3.8) is 0 Å². The Morgan fingerprint density at radius 2 is 1.76 bits per heavy atom. The number of rotatable bonds is 5. The van der Waals surface area contributed by atoms with Gasteiger partial charge in [-0.15, -0.1) is 0 Å². The lowest BCUT2D eigenvalue weighted by atomic mass is 9.68. The lowest BCUT2D eigenvalue weighted by molar-refractivity contribution is -0.204. The first-order chi connectivity index (χ1) is 17.5. The van der Waals surface area contributed by atoms with E-state index in [9.17, 15) is 26.3 Å². The maximum Gasteiger partial charge on any atom is 0.420 e. The number of hydrogen-bond acceptors (Lipinski definition) is 3. The first-order valence-corrected chi connectivity index (χ1v) is 12.9. The molecule has 2 aliphatic carbocycles. The molecule has 2 aromatic carbocycles. The van der Waals surface area contributed by atoms with Crippen LogP contribution in [-0.4, -0.2) is 29.1 Å². The molecule has 2 saturated carbocycles. The van der Waals surface area contributed by atoms with Crippen LogP contribution >= 0.6 is 0 Å². The van der Waals surface area contributed by atoms with E-state index >= 15 is 0 Å². The maximum atomic E-state index is 14.0. The van der Waals surface area contributed by atoms with Crippen LogP contribution in [0.2, 0.25) is 0 Å². The van der Waals surface area contributed by atoms with Crippen LogP contribution in [-0.2, 0) is 19.1 Å². The van der Waals surface area contributed by atoms with Gasteiger partial charge in [-0.25, -0.2) is 4.98 Å². The summed E-state index contributed by atoms with van der Waals surface area (Å²) in [6, 6.07) is 9.86. The summed E-state index contributed by atoms with van der Waals surface area (Å²) in [5.41, 5.74) is 1.29. The molecule has 0 unspecified atom stereocenters. The standard InChI is InChI=1S/C28H28F6N2O/c29-27(30,31)21-11-18(12-21)9-17-3-1-4-20(10-17)25-35-23-14-19(13-22(24(23)37-25)28(32,33)34)15-36-8-7-26(16-36)5-2-6-26/h1,3-4,10,13-14,18,21H,2,5-9,11-12,15-16H2. The van der Waals surface area contributed by atoms with Crippen LogP contribution in [0.5, 0.6) is 0 Å². The van der Waals surface area contributed by atoms with Gasteiger partial charge in [0.05, 0.1) is 5.92 Å². The van der Waals surface area contributed by atoms with Gasteiger partial charge in [-0.2, -0.15) is 26.3 Å². The third-order valence-corrected chi connectivity index (χ3v) is 8.59. The van der Waals surface area contributed by atoms with Gasteiger partial charge in [0, 0.05) is 18.7 Å². The van der Waals surface area contributed by atoms with Crippen LogP contribution in [0.25, 0.3) is 22.6 Å². The summed E-state index contributed by atoms with van der Waals surface area (Å²) in [6.45, 7) is 2.26. The fraction of sp³-hybridized carbons (Fsp3) is 0.536. The molecule has 37 heavy (non-hydrogen) atoms. The number of hydrogen-bond donors (Lipinski definition) is 0. The molecular weight excluding hydrogens is 494 g/mol. The number of aromatic nitrogens is 1. The van der Waals surface area contributed by atoms with Crippen molar-refractivity contribution in [1.82, 2.24) is 9.88 Å². The molecule has 0 bridgehead atoms. The Bertz CT molecular complexity index is 1300. The van der Waals surface area contributed by atoms with Crippen LogP contribution in [0, 0.1) is 17.3 Å². The van der Waals surface area contributed by atoms with Crippen LogP contribution in [0.4, 0.5) is 26.3 Å². The average Bonchev–Trinajstić information content (AvgIpc) is 3.39. The van der Waals surface area contributed by atoms with E-state index in [-0.39, 0.29) is 35.7 Å². The summed E-state index contributed by atoms with van der Waals surface area (Å²) in [4.78, 5) is 6.64. The molecule has 3 nitrogen and oxygen atoms in total. The second-order valence-corrected chi connectivity index (χ2v) is 11.3. The van der Waals surface area contributed by atoms with E-state index in [1.165, 1.54) is 25.3 Å². The second-order valence-electron chi connectivity index (χ2n) is 11.3. The second kappa shape index (κ2) is 8.75. The molecule has 6 rings (SSSR count). The highest BCUT2D eigenvalue weighted by Crippen LogP contribution is 2.49. The Labute approximate surface area is 210 Å². The third-order valence-electron chi connectivity index (χ3n) is 8.59. The molecular formula is C28H28F6N2O. The topological polar surface area (TPSA) is 29.3 Å². The van der Waals surface area contributed by atoms with Crippen LogP contribution < -0.4 is 0 Å². The molecule has 9 heteroatoms. The largest absolute Gasteiger partial charge is 0.435 e. The lowest BCUT2D eigenvalue weighted by Crippen LogP contribution is -2.36. The molecule has 1 aromatic heterocycles. The Morgan fingerprint density at radius 1 is 0.973 bits per heavy atom. The van der Waals surface area contributed by atoms with E-state index in [1.54, 1.807) is 24.3 Å². The van der Waals surface area contributed by atoms with Gasteiger partial charge < -0.3 is 4.42 Å². The predicted molar refractivity (Wildman–Crippen MR) is 127 cm³/mol. The molecule has 3 aromatic rings. The van der Waals surface area contributed by atoms with Crippen molar-refractivity contribution in [2.75, 3.05) is 13.1 Å². The molecule has 0 N–H and O–H groups in total. The molecule has 1 spiro atoms. The molecule has 3 aliphatic rings. The smallest absolute Gasteiger partial charge is 0.420 e. The molecule has 0 amide bonds. The lowest BCUT2D eigenvalue weighted by Gasteiger charge is -2.38. The van der Waals surface area contributed by atoms with E-state index in [2.05, 4.69) is 9.88 Å². The minimum absolute atomic E-state index is 0.0606. The first-order valence-electron chi connectivity index (χ1n) is 12.9. The van der Waals surface area contributed by atoms with Gasteiger partial charge in [0.1, 0.15) is 11.1 Å². The predicted octanol–water partition coefficient (Wildman–Crippen LogP) is 8.02. The highest BCUT2D eigenvalue weighted by atomic mass is 19.4. The fourth-order valence-corrected chi connectivity index (χ4v) is 6.36. The normalized spacial score (nSPS) is 23.9. The van der Waals surface area contributed by atoms with Crippen molar-refractivity contribution in [1.29, 1.82) is 0 Å². The van der Waals surface area contributed by atoms with Crippen molar-refractivity contribution in [2.24, 2.45) is 17.3 Å². The van der Waals surface area contributed by atoms with E-state index in [0.717, 1.165) is 25.1 Å². The molecule has 1 saturated heterocycles. The van der Waals surface area contributed by atoms with E-state index < -0.39 is 23.8 Å².